The third kappa shape index (κ3) is 5.33. The van der Waals surface area contributed by atoms with Gasteiger partial charge in [-0.3, -0.25) is 9.69 Å². The first-order valence-electron chi connectivity index (χ1n) is 9.63. The molecule has 28 heavy (non-hydrogen) atoms. The Balaban J connectivity index is 1.54. The maximum Gasteiger partial charge on any atom is 0.319 e. The summed E-state index contributed by atoms with van der Waals surface area (Å²) in [6.07, 6.45) is 0.780. The lowest BCUT2D eigenvalue weighted by Gasteiger charge is -2.35. The lowest BCUT2D eigenvalue weighted by Crippen LogP contribution is -2.52. The van der Waals surface area contributed by atoms with Gasteiger partial charge >= 0.3 is 6.03 Å². The number of hydrogen-bond acceptors (Lipinski definition) is 3. The lowest BCUT2D eigenvalue weighted by atomic mass is 10.0. The molecule has 0 aromatic heterocycles. The zero-order valence-corrected chi connectivity index (χ0v) is 16.6. The van der Waals surface area contributed by atoms with E-state index >= 15 is 0 Å². The van der Waals surface area contributed by atoms with Crippen molar-refractivity contribution in [1.82, 2.24) is 14.7 Å². The molecule has 0 radical (unpaired) electrons. The number of hydrogen-bond donors (Lipinski definition) is 1. The number of piperazine rings is 1. The van der Waals surface area contributed by atoms with Gasteiger partial charge in [0.2, 0.25) is 5.91 Å². The minimum absolute atomic E-state index is 0.0205. The van der Waals surface area contributed by atoms with Gasteiger partial charge in [-0.2, -0.15) is 0 Å². The highest BCUT2D eigenvalue weighted by Crippen LogP contribution is 2.19. The van der Waals surface area contributed by atoms with E-state index in [1.54, 1.807) is 19.0 Å². The van der Waals surface area contributed by atoms with E-state index in [-0.39, 0.29) is 11.9 Å². The van der Waals surface area contributed by atoms with Crippen molar-refractivity contribution in [2.45, 2.75) is 6.42 Å². The molecular weight excluding hydrogens is 352 g/mol. The van der Waals surface area contributed by atoms with Gasteiger partial charge in [0.25, 0.3) is 0 Å². The second-order valence-corrected chi connectivity index (χ2v) is 7.31. The molecule has 6 nitrogen and oxygen atoms in total. The second-order valence-electron chi connectivity index (χ2n) is 7.31. The highest BCUT2D eigenvalue weighted by molar-refractivity contribution is 5.93. The minimum atomic E-state index is -0.0205. The smallest absolute Gasteiger partial charge is 0.319 e. The van der Waals surface area contributed by atoms with Gasteiger partial charge in [-0.1, -0.05) is 48.5 Å². The van der Waals surface area contributed by atoms with Gasteiger partial charge in [0, 0.05) is 46.0 Å². The van der Waals surface area contributed by atoms with Gasteiger partial charge in [0.05, 0.1) is 6.54 Å². The number of nitrogens with one attached hydrogen (secondary N) is 1. The molecule has 1 aliphatic heterocycles. The van der Waals surface area contributed by atoms with E-state index in [0.29, 0.717) is 32.7 Å². The van der Waals surface area contributed by atoms with E-state index in [1.165, 1.54) is 5.56 Å². The van der Waals surface area contributed by atoms with E-state index in [9.17, 15) is 9.59 Å². The van der Waals surface area contributed by atoms with Crippen molar-refractivity contribution in [2.24, 2.45) is 0 Å². The molecule has 2 aromatic rings. The number of anilines is 1. The molecule has 0 unspecified atom stereocenters. The van der Waals surface area contributed by atoms with E-state index < -0.39 is 0 Å². The summed E-state index contributed by atoms with van der Waals surface area (Å²) in [5, 5.41) is 3.06. The van der Waals surface area contributed by atoms with Crippen LogP contribution in [0.15, 0.2) is 54.6 Å². The predicted molar refractivity (Wildman–Crippen MR) is 111 cm³/mol. The number of carbonyl (C=O) groups is 2. The van der Waals surface area contributed by atoms with Crippen LogP contribution in [-0.4, -0.2) is 73.5 Å². The van der Waals surface area contributed by atoms with Gasteiger partial charge in [0.1, 0.15) is 0 Å². The van der Waals surface area contributed by atoms with Crippen LogP contribution in [0.25, 0.3) is 0 Å². The molecule has 0 atom stereocenters. The SMILES string of the molecule is CN(C)C(=O)N1CCN(CC(=O)Nc2ccccc2Cc2ccccc2)CC1. The normalized spacial score (nSPS) is 14.6. The van der Waals surface area contributed by atoms with Crippen LogP contribution in [0.4, 0.5) is 10.5 Å². The number of urea groups is 1. The topological polar surface area (TPSA) is 55.9 Å². The highest BCUT2D eigenvalue weighted by atomic mass is 16.2. The van der Waals surface area contributed by atoms with Crippen molar-refractivity contribution >= 4 is 17.6 Å². The summed E-state index contributed by atoms with van der Waals surface area (Å²) in [5.41, 5.74) is 3.17. The average Bonchev–Trinajstić information content (AvgIpc) is 2.70. The molecule has 148 valence electrons. The summed E-state index contributed by atoms with van der Waals surface area (Å²) >= 11 is 0. The van der Waals surface area contributed by atoms with Gasteiger partial charge in [-0.15, -0.1) is 0 Å². The minimum Gasteiger partial charge on any atom is -0.331 e. The van der Waals surface area contributed by atoms with Gasteiger partial charge in [-0.25, -0.2) is 4.79 Å². The number of carbonyl (C=O) groups excluding carboxylic acids is 2. The zero-order chi connectivity index (χ0) is 19.9. The standard InChI is InChI=1S/C22H28N4O2/c1-24(2)22(28)26-14-12-25(13-15-26)17-21(27)23-20-11-7-6-10-19(20)16-18-8-4-3-5-9-18/h3-11H,12-17H2,1-2H3,(H,23,27). The second kappa shape index (κ2) is 9.37. The zero-order valence-electron chi connectivity index (χ0n) is 16.6. The molecule has 1 fully saturated rings. The van der Waals surface area contributed by atoms with Crippen LogP contribution >= 0.6 is 0 Å². The van der Waals surface area contributed by atoms with E-state index in [4.69, 9.17) is 0 Å². The van der Waals surface area contributed by atoms with Crippen molar-refractivity contribution in [1.29, 1.82) is 0 Å². The Morgan fingerprint density at radius 3 is 2.25 bits per heavy atom. The van der Waals surface area contributed by atoms with E-state index in [1.807, 2.05) is 47.4 Å². The molecular formula is C22H28N4O2. The maximum atomic E-state index is 12.6. The fourth-order valence-corrected chi connectivity index (χ4v) is 3.39. The van der Waals surface area contributed by atoms with Crippen molar-refractivity contribution in [3.63, 3.8) is 0 Å². The Morgan fingerprint density at radius 2 is 1.57 bits per heavy atom. The number of amides is 3. The summed E-state index contributed by atoms with van der Waals surface area (Å²) in [4.78, 5) is 30.1. The van der Waals surface area contributed by atoms with Crippen molar-refractivity contribution in [2.75, 3.05) is 52.1 Å². The number of rotatable bonds is 5. The van der Waals surface area contributed by atoms with Crippen LogP contribution in [0.5, 0.6) is 0 Å². The molecule has 1 heterocycles. The van der Waals surface area contributed by atoms with E-state index in [0.717, 1.165) is 17.7 Å². The van der Waals surface area contributed by atoms with Gasteiger partial charge in [0.15, 0.2) is 0 Å². The molecule has 2 aromatic carbocycles. The first-order chi connectivity index (χ1) is 13.5. The molecule has 0 aliphatic carbocycles. The fraction of sp³-hybridized carbons (Fsp3) is 0.364. The molecule has 6 heteroatoms. The first kappa shape index (κ1) is 19.9. The summed E-state index contributed by atoms with van der Waals surface area (Å²) < 4.78 is 0. The quantitative estimate of drug-likeness (QED) is 0.867. The Labute approximate surface area is 166 Å². The van der Waals surface area contributed by atoms with Crippen LogP contribution in [-0.2, 0) is 11.2 Å². The first-order valence-corrected chi connectivity index (χ1v) is 9.63. The predicted octanol–water partition coefficient (Wildman–Crippen LogP) is 2.52. The third-order valence-electron chi connectivity index (χ3n) is 4.92. The fourth-order valence-electron chi connectivity index (χ4n) is 3.39. The Bertz CT molecular complexity index is 799. The third-order valence-corrected chi connectivity index (χ3v) is 4.92. The Kier molecular flexibility index (Phi) is 6.66. The highest BCUT2D eigenvalue weighted by Gasteiger charge is 2.23. The molecule has 1 N–H and O–H groups in total. The lowest BCUT2D eigenvalue weighted by molar-refractivity contribution is -0.117. The largest absolute Gasteiger partial charge is 0.331 e. The molecule has 0 saturated carbocycles. The molecule has 3 amide bonds. The van der Waals surface area contributed by atoms with Crippen LogP contribution in [0.2, 0.25) is 0 Å². The number of nitrogens with zero attached hydrogens (tertiary/aromatic N) is 3. The van der Waals surface area contributed by atoms with Crippen molar-refractivity contribution < 1.29 is 9.59 Å². The molecule has 0 bridgehead atoms. The van der Waals surface area contributed by atoms with E-state index in [2.05, 4.69) is 22.3 Å². The van der Waals surface area contributed by atoms with Crippen LogP contribution in [0, 0.1) is 0 Å². The molecule has 0 spiro atoms. The summed E-state index contributed by atoms with van der Waals surface area (Å²) in [7, 11) is 3.52. The van der Waals surface area contributed by atoms with Crippen molar-refractivity contribution in [3.8, 4) is 0 Å². The van der Waals surface area contributed by atoms with Crippen LogP contribution < -0.4 is 5.32 Å². The summed E-state index contributed by atoms with van der Waals surface area (Å²) in [6, 6.07) is 18.2. The number of para-hydroxylation sites is 1. The maximum absolute atomic E-state index is 12.6. The Morgan fingerprint density at radius 1 is 0.929 bits per heavy atom. The molecule has 3 rings (SSSR count). The monoisotopic (exact) mass is 380 g/mol. The molecule has 1 saturated heterocycles. The van der Waals surface area contributed by atoms with Crippen LogP contribution in [0.3, 0.4) is 0 Å². The molecule has 1 aliphatic rings. The van der Waals surface area contributed by atoms with Gasteiger partial charge in [-0.05, 0) is 23.6 Å². The summed E-state index contributed by atoms with van der Waals surface area (Å²) in [5.74, 6) is -0.0205. The summed E-state index contributed by atoms with van der Waals surface area (Å²) in [6.45, 7) is 3.05. The van der Waals surface area contributed by atoms with Gasteiger partial charge < -0.3 is 15.1 Å². The van der Waals surface area contributed by atoms with Crippen molar-refractivity contribution in [3.05, 3.63) is 65.7 Å². The Hall–Kier alpha value is -2.86. The van der Waals surface area contributed by atoms with Crippen LogP contribution in [0.1, 0.15) is 11.1 Å². The number of benzene rings is 2. The average molecular weight is 380 g/mol.